The monoisotopic (exact) mass is 375 g/mol. The van der Waals surface area contributed by atoms with Crippen molar-refractivity contribution in [2.24, 2.45) is 0 Å². The van der Waals surface area contributed by atoms with Crippen molar-refractivity contribution in [3.63, 3.8) is 0 Å². The second-order valence-electron chi connectivity index (χ2n) is 6.38. The lowest BCUT2D eigenvalue weighted by atomic mass is 10.0. The summed E-state index contributed by atoms with van der Waals surface area (Å²) in [6.45, 7) is 4.43. The number of nitrogens with zero attached hydrogens (tertiary/aromatic N) is 5. The molecule has 4 aromatic rings. The first kappa shape index (κ1) is 17.8. The first-order valence-electron chi connectivity index (χ1n) is 9.30. The number of aromatic nitrogens is 6. The molecule has 0 aliphatic rings. The van der Waals surface area contributed by atoms with Gasteiger partial charge < -0.3 is 5.32 Å². The van der Waals surface area contributed by atoms with Crippen LogP contribution >= 0.6 is 0 Å². The summed E-state index contributed by atoms with van der Waals surface area (Å²) in [5.41, 5.74) is 4.21. The zero-order chi connectivity index (χ0) is 19.5. The zero-order valence-electron chi connectivity index (χ0n) is 15.8. The van der Waals surface area contributed by atoms with Crippen molar-refractivity contribution in [2.75, 3.05) is 5.32 Å². The predicted octanol–water partition coefficient (Wildman–Crippen LogP) is 2.61. The summed E-state index contributed by atoms with van der Waals surface area (Å²) in [6.07, 6.45) is 2.99. The number of fused-ring (bicyclic) bond motifs is 1. The van der Waals surface area contributed by atoms with E-state index in [-0.39, 0.29) is 5.56 Å². The second kappa shape index (κ2) is 7.59. The molecule has 8 heteroatoms. The van der Waals surface area contributed by atoms with E-state index in [0.29, 0.717) is 17.9 Å². The maximum Gasteiger partial charge on any atom is 0.269 e. The van der Waals surface area contributed by atoms with Gasteiger partial charge in [0.15, 0.2) is 0 Å². The van der Waals surface area contributed by atoms with Crippen molar-refractivity contribution in [1.29, 1.82) is 0 Å². The molecule has 0 fully saturated rings. The lowest BCUT2D eigenvalue weighted by Crippen LogP contribution is -2.22. The third-order valence-corrected chi connectivity index (χ3v) is 4.74. The van der Waals surface area contributed by atoms with Crippen LogP contribution in [0.25, 0.3) is 17.0 Å². The van der Waals surface area contributed by atoms with Gasteiger partial charge in [-0.1, -0.05) is 44.2 Å². The fourth-order valence-corrected chi connectivity index (χ4v) is 3.34. The van der Waals surface area contributed by atoms with Gasteiger partial charge in [-0.25, -0.2) is 10.1 Å². The Hall–Kier alpha value is -3.55. The Balaban J connectivity index is 1.73. The Kier molecular flexibility index (Phi) is 4.84. The molecule has 8 nitrogen and oxygen atoms in total. The number of rotatable bonds is 6. The summed E-state index contributed by atoms with van der Waals surface area (Å²) < 4.78 is 1.63. The van der Waals surface area contributed by atoms with Crippen LogP contribution in [0.2, 0.25) is 0 Å². The number of hydrogen-bond donors (Lipinski definition) is 2. The van der Waals surface area contributed by atoms with Gasteiger partial charge in [-0.2, -0.15) is 19.7 Å². The molecule has 0 aliphatic carbocycles. The van der Waals surface area contributed by atoms with E-state index in [0.717, 1.165) is 41.2 Å². The van der Waals surface area contributed by atoms with Crippen molar-refractivity contribution in [2.45, 2.75) is 33.2 Å². The lowest BCUT2D eigenvalue weighted by molar-refractivity contribution is 0.823. The highest BCUT2D eigenvalue weighted by Gasteiger charge is 2.14. The van der Waals surface area contributed by atoms with Gasteiger partial charge in [0, 0.05) is 23.7 Å². The van der Waals surface area contributed by atoms with Gasteiger partial charge in [0.2, 0.25) is 0 Å². The van der Waals surface area contributed by atoms with Gasteiger partial charge in [-0.3, -0.25) is 4.79 Å². The van der Waals surface area contributed by atoms with Crippen LogP contribution in [-0.4, -0.2) is 29.8 Å². The second-order valence-corrected chi connectivity index (χ2v) is 6.38. The minimum atomic E-state index is -0.172. The van der Waals surface area contributed by atoms with Crippen molar-refractivity contribution in [1.82, 2.24) is 29.8 Å². The normalized spacial score (nSPS) is 11.1. The number of nitrogens with one attached hydrogen (secondary N) is 2. The molecule has 0 atom stereocenters. The number of aromatic amines is 1. The standard InChI is InChI=1S/C20H21N7O/c1-3-14-15(19(28)26-25-16(14)4-2)11-21-18-10-17(13-8-6-5-7-9-13)24-20-22-12-23-27(18)20/h5-10,12,21H,3-4,11H2,1-2H3,(H,26,28). The molecule has 0 radical (unpaired) electrons. The van der Waals surface area contributed by atoms with Crippen LogP contribution < -0.4 is 10.9 Å². The summed E-state index contributed by atoms with van der Waals surface area (Å²) in [4.78, 5) is 21.2. The Morgan fingerprint density at radius 3 is 2.68 bits per heavy atom. The summed E-state index contributed by atoms with van der Waals surface area (Å²) in [7, 11) is 0. The largest absolute Gasteiger partial charge is 0.366 e. The molecular formula is C20H21N7O. The Labute approximate surface area is 161 Å². The van der Waals surface area contributed by atoms with Gasteiger partial charge in [-0.05, 0) is 18.4 Å². The maximum atomic E-state index is 12.4. The molecule has 0 unspecified atom stereocenters. The number of benzene rings is 1. The van der Waals surface area contributed by atoms with Gasteiger partial charge in [0.05, 0.1) is 11.4 Å². The van der Waals surface area contributed by atoms with E-state index in [1.165, 1.54) is 6.33 Å². The SMILES string of the molecule is CCc1n[nH]c(=O)c(CNc2cc(-c3ccccc3)nc3ncnn23)c1CC. The fraction of sp³-hybridized carbons (Fsp3) is 0.250. The van der Waals surface area contributed by atoms with Crippen molar-refractivity contribution < 1.29 is 0 Å². The van der Waals surface area contributed by atoms with Gasteiger partial charge in [-0.15, -0.1) is 0 Å². The van der Waals surface area contributed by atoms with E-state index in [4.69, 9.17) is 0 Å². The van der Waals surface area contributed by atoms with E-state index < -0.39 is 0 Å². The third-order valence-electron chi connectivity index (χ3n) is 4.74. The van der Waals surface area contributed by atoms with E-state index in [2.05, 4.69) is 30.6 Å². The third kappa shape index (κ3) is 3.24. The molecule has 0 saturated carbocycles. The molecule has 0 amide bonds. The van der Waals surface area contributed by atoms with E-state index in [1.54, 1.807) is 4.52 Å². The minimum Gasteiger partial charge on any atom is -0.366 e. The maximum absolute atomic E-state index is 12.4. The molecule has 142 valence electrons. The molecule has 3 aromatic heterocycles. The van der Waals surface area contributed by atoms with Crippen LogP contribution in [-0.2, 0) is 19.4 Å². The smallest absolute Gasteiger partial charge is 0.269 e. The van der Waals surface area contributed by atoms with Gasteiger partial charge in [0.25, 0.3) is 11.3 Å². The molecule has 0 bridgehead atoms. The molecule has 0 aliphatic heterocycles. The lowest BCUT2D eigenvalue weighted by Gasteiger charge is -2.13. The van der Waals surface area contributed by atoms with Crippen LogP contribution in [0.5, 0.6) is 0 Å². The Morgan fingerprint density at radius 1 is 1.11 bits per heavy atom. The van der Waals surface area contributed by atoms with E-state index in [1.807, 2.05) is 50.2 Å². The van der Waals surface area contributed by atoms with E-state index in [9.17, 15) is 4.79 Å². The number of H-pyrrole nitrogens is 1. The average molecular weight is 375 g/mol. The topological polar surface area (TPSA) is 101 Å². The highest BCUT2D eigenvalue weighted by molar-refractivity contribution is 5.65. The quantitative estimate of drug-likeness (QED) is 0.537. The van der Waals surface area contributed by atoms with Crippen LogP contribution in [0, 0.1) is 0 Å². The zero-order valence-corrected chi connectivity index (χ0v) is 15.8. The minimum absolute atomic E-state index is 0.172. The van der Waals surface area contributed by atoms with Crippen LogP contribution in [0.3, 0.4) is 0 Å². The van der Waals surface area contributed by atoms with Crippen LogP contribution in [0.1, 0.15) is 30.7 Å². The summed E-state index contributed by atoms with van der Waals surface area (Å²) in [5, 5.41) is 14.4. The van der Waals surface area contributed by atoms with Crippen molar-refractivity contribution in [3.8, 4) is 11.3 Å². The van der Waals surface area contributed by atoms with Crippen molar-refractivity contribution in [3.05, 3.63) is 69.9 Å². The number of hydrogen-bond acceptors (Lipinski definition) is 6. The van der Waals surface area contributed by atoms with Gasteiger partial charge in [0.1, 0.15) is 12.1 Å². The van der Waals surface area contributed by atoms with Crippen LogP contribution in [0.4, 0.5) is 5.82 Å². The van der Waals surface area contributed by atoms with Crippen LogP contribution in [0.15, 0.2) is 47.5 Å². The summed E-state index contributed by atoms with van der Waals surface area (Å²) in [5.74, 6) is 1.22. The predicted molar refractivity (Wildman–Crippen MR) is 107 cm³/mol. The summed E-state index contributed by atoms with van der Waals surface area (Å²) in [6, 6.07) is 11.8. The molecule has 4 rings (SSSR count). The fourth-order valence-electron chi connectivity index (χ4n) is 3.34. The molecule has 0 spiro atoms. The number of anilines is 1. The number of aryl methyl sites for hydroxylation is 1. The molecule has 0 saturated heterocycles. The average Bonchev–Trinajstić information content (AvgIpc) is 3.22. The summed E-state index contributed by atoms with van der Waals surface area (Å²) >= 11 is 0. The molecule has 3 heterocycles. The van der Waals surface area contributed by atoms with Gasteiger partial charge >= 0.3 is 0 Å². The van der Waals surface area contributed by atoms with Crippen molar-refractivity contribution >= 4 is 11.6 Å². The highest BCUT2D eigenvalue weighted by Crippen LogP contribution is 2.22. The van der Waals surface area contributed by atoms with E-state index >= 15 is 0 Å². The first-order chi connectivity index (χ1) is 13.7. The molecule has 1 aromatic carbocycles. The highest BCUT2D eigenvalue weighted by atomic mass is 16.1. The Morgan fingerprint density at radius 2 is 1.93 bits per heavy atom. The molecular weight excluding hydrogens is 354 g/mol. The first-order valence-corrected chi connectivity index (χ1v) is 9.30. The molecule has 28 heavy (non-hydrogen) atoms. The Bertz CT molecular complexity index is 1160. The molecule has 2 N–H and O–H groups in total.